The van der Waals surface area contributed by atoms with Gasteiger partial charge in [-0.05, 0) is 32.1 Å². The molecule has 214 valence electrons. The van der Waals surface area contributed by atoms with E-state index in [0.717, 1.165) is 82.8 Å². The number of piperazine rings is 1. The van der Waals surface area contributed by atoms with Gasteiger partial charge in [-0.2, -0.15) is 15.1 Å². The molecular formula is C28H38FN9O2. The minimum Gasteiger partial charge on any atom is -0.459 e. The van der Waals surface area contributed by atoms with E-state index in [1.54, 1.807) is 18.2 Å². The molecule has 0 aliphatic carbocycles. The number of aromatic nitrogens is 5. The van der Waals surface area contributed by atoms with Crippen LogP contribution in [0, 0.1) is 13.8 Å². The number of anilines is 3. The SMILES string of the molecule is C=C(F)c1cc(C)[nH]c1/C=C\COc1nc(Nc2cc(C)[nH]n2)cc(N2CCN(CCN3CCOCC3)CC2)n1. The topological polar surface area (TPSA) is 110 Å². The Morgan fingerprint density at radius 1 is 1.02 bits per heavy atom. The summed E-state index contributed by atoms with van der Waals surface area (Å²) >= 11 is 0. The Labute approximate surface area is 234 Å². The second-order valence-electron chi connectivity index (χ2n) is 10.1. The molecule has 40 heavy (non-hydrogen) atoms. The summed E-state index contributed by atoms with van der Waals surface area (Å²) in [5.41, 5.74) is 2.89. The van der Waals surface area contributed by atoms with E-state index < -0.39 is 5.83 Å². The van der Waals surface area contributed by atoms with E-state index in [1.165, 1.54) is 0 Å². The summed E-state index contributed by atoms with van der Waals surface area (Å²) in [5.74, 6) is 1.59. The van der Waals surface area contributed by atoms with Crippen LogP contribution in [0.1, 0.15) is 22.6 Å². The Morgan fingerprint density at radius 3 is 2.48 bits per heavy atom. The fourth-order valence-corrected chi connectivity index (χ4v) is 4.88. The molecule has 2 aliphatic rings. The monoisotopic (exact) mass is 551 g/mol. The van der Waals surface area contributed by atoms with Crippen molar-refractivity contribution in [3.05, 3.63) is 53.5 Å². The van der Waals surface area contributed by atoms with Gasteiger partial charge in [0.15, 0.2) is 5.82 Å². The molecule has 0 radical (unpaired) electrons. The van der Waals surface area contributed by atoms with E-state index in [0.29, 0.717) is 22.9 Å². The number of aromatic amines is 2. The van der Waals surface area contributed by atoms with Gasteiger partial charge in [-0.1, -0.05) is 6.58 Å². The number of hydrogen-bond acceptors (Lipinski definition) is 9. The zero-order valence-electron chi connectivity index (χ0n) is 23.2. The van der Waals surface area contributed by atoms with Crippen LogP contribution in [0.2, 0.25) is 0 Å². The maximum absolute atomic E-state index is 13.8. The molecule has 0 bridgehead atoms. The first kappa shape index (κ1) is 27.8. The van der Waals surface area contributed by atoms with E-state index in [4.69, 9.17) is 14.5 Å². The minimum atomic E-state index is -0.480. The van der Waals surface area contributed by atoms with Crippen LogP contribution in [-0.2, 0) is 4.74 Å². The lowest BCUT2D eigenvalue weighted by atomic mass is 10.2. The lowest BCUT2D eigenvalue weighted by molar-refractivity contribution is 0.0331. The molecule has 0 unspecified atom stereocenters. The number of H-pyrrole nitrogens is 2. The number of ether oxygens (including phenoxy) is 2. The van der Waals surface area contributed by atoms with Crippen LogP contribution in [0.15, 0.2) is 30.9 Å². The highest BCUT2D eigenvalue weighted by molar-refractivity contribution is 5.68. The number of rotatable bonds is 11. The van der Waals surface area contributed by atoms with Crippen molar-refractivity contribution in [3.8, 4) is 6.01 Å². The molecule has 2 fully saturated rings. The molecule has 2 saturated heterocycles. The van der Waals surface area contributed by atoms with E-state index in [-0.39, 0.29) is 12.6 Å². The van der Waals surface area contributed by atoms with E-state index >= 15 is 0 Å². The third-order valence-electron chi connectivity index (χ3n) is 7.05. The molecule has 0 spiro atoms. The van der Waals surface area contributed by atoms with Crippen molar-refractivity contribution >= 4 is 29.4 Å². The number of aryl methyl sites for hydroxylation is 2. The number of hydrogen-bond donors (Lipinski definition) is 3. The number of nitrogens with one attached hydrogen (secondary N) is 3. The second-order valence-corrected chi connectivity index (χ2v) is 10.1. The van der Waals surface area contributed by atoms with E-state index in [2.05, 4.69) is 46.8 Å². The van der Waals surface area contributed by atoms with Gasteiger partial charge in [0.25, 0.3) is 0 Å². The van der Waals surface area contributed by atoms with Crippen LogP contribution in [0.4, 0.5) is 21.8 Å². The molecule has 5 rings (SSSR count). The van der Waals surface area contributed by atoms with Crippen molar-refractivity contribution in [2.75, 3.05) is 82.4 Å². The molecule has 11 nitrogen and oxygen atoms in total. The summed E-state index contributed by atoms with van der Waals surface area (Å²) in [4.78, 5) is 19.6. The van der Waals surface area contributed by atoms with Crippen molar-refractivity contribution in [1.82, 2.24) is 34.9 Å². The highest BCUT2D eigenvalue weighted by atomic mass is 19.1. The van der Waals surface area contributed by atoms with Gasteiger partial charge < -0.3 is 24.7 Å². The number of morpholine rings is 1. The Bertz CT molecular complexity index is 1310. The number of nitrogens with zero attached hydrogens (tertiary/aromatic N) is 6. The molecule has 3 aromatic rings. The van der Waals surface area contributed by atoms with Crippen LogP contribution >= 0.6 is 0 Å². The van der Waals surface area contributed by atoms with Gasteiger partial charge in [0.2, 0.25) is 0 Å². The molecule has 0 atom stereocenters. The summed E-state index contributed by atoms with van der Waals surface area (Å²) in [5, 5.41) is 10.4. The van der Waals surface area contributed by atoms with Crippen molar-refractivity contribution in [2.24, 2.45) is 0 Å². The second kappa shape index (κ2) is 13.1. The third kappa shape index (κ3) is 7.46. The summed E-state index contributed by atoms with van der Waals surface area (Å²) in [6.45, 7) is 16.9. The molecular weight excluding hydrogens is 513 g/mol. The predicted octanol–water partition coefficient (Wildman–Crippen LogP) is 3.37. The molecule has 0 saturated carbocycles. The molecule has 12 heteroatoms. The van der Waals surface area contributed by atoms with Crippen molar-refractivity contribution < 1.29 is 13.9 Å². The molecule has 2 aliphatic heterocycles. The Morgan fingerprint density at radius 2 is 1.77 bits per heavy atom. The lowest BCUT2D eigenvalue weighted by Gasteiger charge is -2.37. The van der Waals surface area contributed by atoms with Gasteiger partial charge >= 0.3 is 6.01 Å². The van der Waals surface area contributed by atoms with E-state index in [9.17, 15) is 4.39 Å². The van der Waals surface area contributed by atoms with Gasteiger partial charge in [0.1, 0.15) is 24.1 Å². The predicted molar refractivity (Wildman–Crippen MR) is 155 cm³/mol. The normalized spacial score (nSPS) is 17.0. The van der Waals surface area contributed by atoms with Crippen molar-refractivity contribution in [3.63, 3.8) is 0 Å². The summed E-state index contributed by atoms with van der Waals surface area (Å²) < 4.78 is 25.1. The van der Waals surface area contributed by atoms with Crippen molar-refractivity contribution in [2.45, 2.75) is 13.8 Å². The average molecular weight is 552 g/mol. The third-order valence-corrected chi connectivity index (χ3v) is 7.05. The van der Waals surface area contributed by atoms with Gasteiger partial charge in [-0.3, -0.25) is 14.9 Å². The molecule has 3 aromatic heterocycles. The molecule has 5 heterocycles. The Balaban J connectivity index is 1.23. The first-order chi connectivity index (χ1) is 19.4. The van der Waals surface area contributed by atoms with Crippen LogP contribution in [-0.4, -0.2) is 107 Å². The fraction of sp³-hybridized carbons (Fsp3) is 0.464. The average Bonchev–Trinajstić information content (AvgIpc) is 3.55. The van der Waals surface area contributed by atoms with Crippen LogP contribution in [0.25, 0.3) is 11.9 Å². The largest absolute Gasteiger partial charge is 0.459 e. The summed E-state index contributed by atoms with van der Waals surface area (Å²) in [7, 11) is 0. The van der Waals surface area contributed by atoms with Gasteiger partial charge in [-0.25, -0.2) is 4.39 Å². The maximum Gasteiger partial charge on any atom is 0.320 e. The van der Waals surface area contributed by atoms with Gasteiger partial charge in [0.05, 0.1) is 13.2 Å². The Kier molecular flexibility index (Phi) is 9.09. The fourth-order valence-electron chi connectivity index (χ4n) is 4.88. The van der Waals surface area contributed by atoms with Crippen molar-refractivity contribution in [1.29, 1.82) is 0 Å². The summed E-state index contributed by atoms with van der Waals surface area (Å²) in [6, 6.07) is 5.82. The van der Waals surface area contributed by atoms with Crippen LogP contribution < -0.4 is 15.0 Å². The highest BCUT2D eigenvalue weighted by Crippen LogP contribution is 2.24. The minimum absolute atomic E-state index is 0.218. The van der Waals surface area contributed by atoms with Crippen LogP contribution in [0.3, 0.4) is 0 Å². The summed E-state index contributed by atoms with van der Waals surface area (Å²) in [6.07, 6.45) is 3.57. The molecule has 3 N–H and O–H groups in total. The first-order valence-electron chi connectivity index (χ1n) is 13.7. The first-order valence-corrected chi connectivity index (χ1v) is 13.7. The molecule has 0 aromatic carbocycles. The van der Waals surface area contributed by atoms with Gasteiger partial charge in [-0.15, -0.1) is 0 Å². The standard InChI is InChI=1S/C28H38FN9O2/c1-20-17-23(22(3)29)24(30-20)5-4-14-40-28-32-25(31-26-18-21(2)34-35-26)19-27(33-28)38-10-8-36(9-11-38)6-7-37-12-15-39-16-13-37/h4-5,17-19,30H,3,6-16H2,1-2H3,(H2,31,32,33,34,35)/b5-4-. The lowest BCUT2D eigenvalue weighted by Crippen LogP contribution is -2.49. The highest BCUT2D eigenvalue weighted by Gasteiger charge is 2.21. The van der Waals surface area contributed by atoms with E-state index in [1.807, 2.05) is 26.0 Å². The zero-order valence-corrected chi connectivity index (χ0v) is 23.2. The zero-order chi connectivity index (χ0) is 27.9. The number of halogens is 1. The maximum atomic E-state index is 13.8. The van der Waals surface area contributed by atoms with Crippen LogP contribution in [0.5, 0.6) is 6.01 Å². The quantitative estimate of drug-likeness (QED) is 0.330. The Hall–Kier alpha value is -3.74. The smallest absolute Gasteiger partial charge is 0.320 e. The van der Waals surface area contributed by atoms with Gasteiger partial charge in [0, 0.05) is 87.1 Å². The molecule has 0 amide bonds.